The number of rotatable bonds is 6. The van der Waals surface area contributed by atoms with Gasteiger partial charge in [-0.3, -0.25) is 9.48 Å². The molecule has 36 heavy (non-hydrogen) atoms. The summed E-state index contributed by atoms with van der Waals surface area (Å²) in [5.74, 6) is -0.415. The third kappa shape index (κ3) is 4.74. The van der Waals surface area contributed by atoms with Gasteiger partial charge in [-0.1, -0.05) is 31.2 Å². The molecule has 1 N–H and O–H groups in total. The third-order valence-corrected chi connectivity index (χ3v) is 6.94. The summed E-state index contributed by atoms with van der Waals surface area (Å²) in [5, 5.41) is 10.9. The number of amides is 1. The van der Waals surface area contributed by atoms with Crippen LogP contribution in [-0.2, 0) is 19.1 Å². The van der Waals surface area contributed by atoms with Crippen LogP contribution in [0.1, 0.15) is 39.1 Å². The number of aryl methyl sites for hydroxylation is 2. The minimum atomic E-state index is -4.69. The number of nitrogens with one attached hydrogen (secondary N) is 1. The second-order valence-corrected chi connectivity index (χ2v) is 9.39. The quantitative estimate of drug-likeness (QED) is 0.311. The number of anilines is 1. The second kappa shape index (κ2) is 9.23. The average Bonchev–Trinajstić information content (AvgIpc) is 3.58. The monoisotopic (exact) mass is 510 g/mol. The zero-order valence-electron chi connectivity index (χ0n) is 19.4. The van der Waals surface area contributed by atoms with Crippen LogP contribution in [0.3, 0.4) is 0 Å². The Balaban J connectivity index is 1.42. The lowest BCUT2D eigenvalue weighted by Gasteiger charge is -2.10. The molecule has 184 valence electrons. The highest BCUT2D eigenvalue weighted by Gasteiger charge is 2.36. The molecule has 0 fully saturated rings. The number of nitrogens with zero attached hydrogens (tertiary/aromatic N) is 5. The smallest absolute Gasteiger partial charge is 0.304 e. The highest BCUT2D eigenvalue weighted by atomic mass is 32.1. The van der Waals surface area contributed by atoms with Gasteiger partial charge in [-0.15, -0.1) is 11.3 Å². The van der Waals surface area contributed by atoms with Crippen molar-refractivity contribution >= 4 is 28.7 Å². The van der Waals surface area contributed by atoms with Crippen molar-refractivity contribution in [1.82, 2.24) is 24.4 Å². The highest BCUT2D eigenvalue weighted by Crippen LogP contribution is 2.34. The molecule has 5 rings (SSSR count). The van der Waals surface area contributed by atoms with Crippen LogP contribution in [0.2, 0.25) is 0 Å². The molecule has 0 saturated heterocycles. The Labute approximate surface area is 208 Å². The SMILES string of the molecule is CCc1ccc(-c2cc(C(F)(F)F)n3nc(C(=O)Nc4ccn(Cc5ccccc5C)n4)cc3n2)s1. The molecule has 4 heterocycles. The Morgan fingerprint density at radius 2 is 1.89 bits per heavy atom. The molecule has 0 spiro atoms. The van der Waals surface area contributed by atoms with Gasteiger partial charge in [-0.05, 0) is 42.7 Å². The summed E-state index contributed by atoms with van der Waals surface area (Å²) in [5.41, 5.74) is 1.11. The van der Waals surface area contributed by atoms with Crippen LogP contribution in [-0.4, -0.2) is 30.3 Å². The Morgan fingerprint density at radius 1 is 1.08 bits per heavy atom. The van der Waals surface area contributed by atoms with Crippen LogP contribution < -0.4 is 5.32 Å². The molecular formula is C25H21F3N6OS. The first-order valence-corrected chi connectivity index (χ1v) is 12.0. The minimum absolute atomic E-state index is 0.0681. The van der Waals surface area contributed by atoms with Gasteiger partial charge in [0.05, 0.1) is 17.1 Å². The summed E-state index contributed by atoms with van der Waals surface area (Å²) in [7, 11) is 0. The van der Waals surface area contributed by atoms with Gasteiger partial charge in [-0.25, -0.2) is 9.50 Å². The Morgan fingerprint density at radius 3 is 2.61 bits per heavy atom. The first-order valence-electron chi connectivity index (χ1n) is 11.2. The van der Waals surface area contributed by atoms with Crippen molar-refractivity contribution in [2.24, 2.45) is 0 Å². The lowest BCUT2D eigenvalue weighted by atomic mass is 10.1. The molecule has 5 aromatic rings. The highest BCUT2D eigenvalue weighted by molar-refractivity contribution is 7.15. The second-order valence-electron chi connectivity index (χ2n) is 8.22. The summed E-state index contributed by atoms with van der Waals surface area (Å²) >= 11 is 1.38. The molecule has 0 radical (unpaired) electrons. The molecule has 0 atom stereocenters. The van der Waals surface area contributed by atoms with Crippen LogP contribution in [0.5, 0.6) is 0 Å². The van der Waals surface area contributed by atoms with E-state index in [0.29, 0.717) is 15.9 Å². The van der Waals surface area contributed by atoms with Crippen molar-refractivity contribution in [3.8, 4) is 10.6 Å². The maximum absolute atomic E-state index is 13.9. The number of carbonyl (C=O) groups excluding carboxylic acids is 1. The van der Waals surface area contributed by atoms with Crippen LogP contribution in [0, 0.1) is 6.92 Å². The van der Waals surface area contributed by atoms with E-state index in [4.69, 9.17) is 0 Å². The van der Waals surface area contributed by atoms with Crippen LogP contribution in [0.4, 0.5) is 19.0 Å². The number of thiophene rings is 1. The summed E-state index contributed by atoms with van der Waals surface area (Å²) in [6, 6.07) is 15.3. The van der Waals surface area contributed by atoms with Gasteiger partial charge in [0, 0.05) is 23.2 Å². The zero-order chi connectivity index (χ0) is 25.4. The molecule has 0 aliphatic rings. The molecule has 0 aliphatic heterocycles. The molecule has 0 aliphatic carbocycles. The van der Waals surface area contributed by atoms with E-state index in [2.05, 4.69) is 20.5 Å². The Hall–Kier alpha value is -3.99. The van der Waals surface area contributed by atoms with E-state index in [1.165, 1.54) is 17.4 Å². The number of alkyl halides is 3. The molecule has 1 aromatic carbocycles. The van der Waals surface area contributed by atoms with Gasteiger partial charge in [0.1, 0.15) is 0 Å². The van der Waals surface area contributed by atoms with Crippen molar-refractivity contribution in [2.45, 2.75) is 33.0 Å². The topological polar surface area (TPSA) is 77.1 Å². The average molecular weight is 511 g/mol. The normalized spacial score (nSPS) is 11.8. The van der Waals surface area contributed by atoms with Crippen molar-refractivity contribution in [1.29, 1.82) is 0 Å². The molecule has 0 bridgehead atoms. The van der Waals surface area contributed by atoms with Crippen molar-refractivity contribution < 1.29 is 18.0 Å². The predicted octanol–water partition coefficient (Wildman–Crippen LogP) is 5.84. The maximum Gasteiger partial charge on any atom is 0.433 e. The van der Waals surface area contributed by atoms with Gasteiger partial charge >= 0.3 is 6.18 Å². The predicted molar refractivity (Wildman–Crippen MR) is 131 cm³/mol. The van der Waals surface area contributed by atoms with Gasteiger partial charge in [0.15, 0.2) is 22.9 Å². The number of carbonyl (C=O) groups is 1. The Bertz CT molecular complexity index is 1570. The Kier molecular flexibility index (Phi) is 6.09. The lowest BCUT2D eigenvalue weighted by Crippen LogP contribution is -2.16. The summed E-state index contributed by atoms with van der Waals surface area (Å²) in [6.07, 6.45) is -2.20. The van der Waals surface area contributed by atoms with Crippen LogP contribution in [0.15, 0.2) is 60.8 Å². The van der Waals surface area contributed by atoms with Gasteiger partial charge in [0.2, 0.25) is 0 Å². The largest absolute Gasteiger partial charge is 0.433 e. The number of aromatic nitrogens is 5. The standard InChI is InChI=1S/C25H21F3N6OS/c1-3-17-8-9-20(36-17)18-12-21(25(26,27)28)34-23(29-18)13-19(31-34)24(35)30-22-10-11-33(32-22)14-16-7-5-4-6-15(16)2/h4-13H,3,14H2,1-2H3,(H,30,32,35). The maximum atomic E-state index is 13.9. The molecule has 1 amide bonds. The lowest BCUT2D eigenvalue weighted by molar-refractivity contribution is -0.142. The van der Waals surface area contributed by atoms with E-state index in [1.54, 1.807) is 23.0 Å². The molecule has 7 nitrogen and oxygen atoms in total. The van der Waals surface area contributed by atoms with E-state index in [-0.39, 0.29) is 22.9 Å². The first kappa shape index (κ1) is 23.7. The van der Waals surface area contributed by atoms with Gasteiger partial charge < -0.3 is 5.32 Å². The minimum Gasteiger partial charge on any atom is -0.304 e. The summed E-state index contributed by atoms with van der Waals surface area (Å²) in [6.45, 7) is 4.49. The summed E-state index contributed by atoms with van der Waals surface area (Å²) in [4.78, 5) is 18.8. The molecule has 0 saturated carbocycles. The van der Waals surface area contributed by atoms with Crippen molar-refractivity contribution in [3.05, 3.63) is 88.2 Å². The van der Waals surface area contributed by atoms with Crippen LogP contribution >= 0.6 is 11.3 Å². The van der Waals surface area contributed by atoms with Crippen LogP contribution in [0.25, 0.3) is 16.2 Å². The molecular weight excluding hydrogens is 489 g/mol. The van der Waals surface area contributed by atoms with Gasteiger partial charge in [-0.2, -0.15) is 23.4 Å². The fraction of sp³-hybridized carbons (Fsp3) is 0.200. The van der Waals surface area contributed by atoms with Crippen molar-refractivity contribution in [3.63, 3.8) is 0 Å². The van der Waals surface area contributed by atoms with E-state index < -0.39 is 17.8 Å². The number of hydrogen-bond donors (Lipinski definition) is 1. The van der Waals surface area contributed by atoms with E-state index in [1.807, 2.05) is 44.2 Å². The van der Waals surface area contributed by atoms with E-state index >= 15 is 0 Å². The van der Waals surface area contributed by atoms with Gasteiger partial charge in [0.25, 0.3) is 5.91 Å². The number of hydrogen-bond acceptors (Lipinski definition) is 5. The number of fused-ring (bicyclic) bond motifs is 1. The molecule has 0 unspecified atom stereocenters. The van der Waals surface area contributed by atoms with E-state index in [9.17, 15) is 18.0 Å². The molecule has 11 heteroatoms. The fourth-order valence-corrected chi connectivity index (χ4v) is 4.69. The fourth-order valence-electron chi connectivity index (χ4n) is 3.78. The van der Waals surface area contributed by atoms with E-state index in [0.717, 1.165) is 28.5 Å². The third-order valence-electron chi connectivity index (χ3n) is 5.69. The molecule has 4 aromatic heterocycles. The number of halogens is 3. The number of benzene rings is 1. The summed E-state index contributed by atoms with van der Waals surface area (Å²) < 4.78 is 43.9. The zero-order valence-corrected chi connectivity index (χ0v) is 20.2. The van der Waals surface area contributed by atoms with Crippen molar-refractivity contribution in [2.75, 3.05) is 5.32 Å². The first-order chi connectivity index (χ1) is 17.2.